The number of anilines is 1. The van der Waals surface area contributed by atoms with Gasteiger partial charge in [-0.05, 0) is 27.2 Å². The van der Waals surface area contributed by atoms with Crippen LogP contribution in [0.25, 0.3) is 0 Å². The summed E-state index contributed by atoms with van der Waals surface area (Å²) in [6.07, 6.45) is -4.55. The number of nitrogens with zero attached hydrogens (tertiary/aromatic N) is 1. The maximum Gasteiger partial charge on any atom is 0.573 e. The highest BCUT2D eigenvalue weighted by Crippen LogP contribution is 2.31. The number of ether oxygens (including phenoxy) is 3. The van der Waals surface area contributed by atoms with E-state index in [0.717, 1.165) is 6.07 Å². The van der Waals surface area contributed by atoms with Crippen LogP contribution in [0.3, 0.4) is 0 Å². The van der Waals surface area contributed by atoms with Crippen molar-refractivity contribution >= 4 is 11.8 Å². The smallest absolute Gasteiger partial charge is 0.497 e. The van der Waals surface area contributed by atoms with Gasteiger partial charge in [-0.25, -0.2) is 4.79 Å². The van der Waals surface area contributed by atoms with Gasteiger partial charge >= 0.3 is 12.5 Å². The Balaban J connectivity index is 2.02. The lowest BCUT2D eigenvalue weighted by Gasteiger charge is -2.24. The molecule has 1 fully saturated rings. The molecule has 146 valence electrons. The van der Waals surface area contributed by atoms with E-state index in [-0.39, 0.29) is 17.5 Å². The monoisotopic (exact) mass is 376 g/mol. The van der Waals surface area contributed by atoms with E-state index in [9.17, 15) is 18.0 Å². The van der Waals surface area contributed by atoms with Gasteiger partial charge in [0.1, 0.15) is 17.1 Å². The molecule has 26 heavy (non-hydrogen) atoms. The van der Waals surface area contributed by atoms with Crippen LogP contribution in [0.1, 0.15) is 27.2 Å². The van der Waals surface area contributed by atoms with E-state index in [2.05, 4.69) is 10.1 Å². The molecule has 0 saturated carbocycles. The number of hydrogen-bond acceptors (Lipinski definition) is 5. The number of benzene rings is 1. The minimum Gasteiger partial charge on any atom is -0.497 e. The van der Waals surface area contributed by atoms with Crippen molar-refractivity contribution in [3.05, 3.63) is 18.2 Å². The maximum absolute atomic E-state index is 12.4. The zero-order valence-corrected chi connectivity index (χ0v) is 15.1. The van der Waals surface area contributed by atoms with Crippen LogP contribution in [-0.4, -0.2) is 49.2 Å². The van der Waals surface area contributed by atoms with Crippen LogP contribution in [0.4, 0.5) is 23.7 Å². The van der Waals surface area contributed by atoms with E-state index in [1.54, 1.807) is 31.7 Å². The van der Waals surface area contributed by atoms with Gasteiger partial charge in [0.25, 0.3) is 0 Å². The molecule has 1 atom stereocenters. The summed E-state index contributed by atoms with van der Waals surface area (Å²) in [6, 6.07) is 3.85. The second kappa shape index (κ2) is 7.51. The van der Waals surface area contributed by atoms with Crippen molar-refractivity contribution in [2.24, 2.45) is 0 Å². The molecule has 0 spiro atoms. The Morgan fingerprint density at radius 3 is 2.42 bits per heavy atom. The number of methoxy groups -OCH3 is 1. The average molecular weight is 376 g/mol. The average Bonchev–Trinajstić information content (AvgIpc) is 2.92. The number of carbonyl (C=O) groups is 1. The predicted molar refractivity (Wildman–Crippen MR) is 89.5 cm³/mol. The summed E-state index contributed by atoms with van der Waals surface area (Å²) in [6.45, 7) is 6.25. The van der Waals surface area contributed by atoms with E-state index < -0.39 is 18.1 Å². The van der Waals surface area contributed by atoms with Gasteiger partial charge in [0.2, 0.25) is 0 Å². The highest BCUT2D eigenvalue weighted by atomic mass is 19.4. The first kappa shape index (κ1) is 20.0. The lowest BCUT2D eigenvalue weighted by Crippen LogP contribution is -2.36. The SMILES string of the molecule is COc1cc(N[C@@H]2CCN(C(=O)OC(C)(C)C)C2)cc(OC(F)(F)F)c1. The molecule has 0 unspecified atom stereocenters. The Labute approximate surface area is 150 Å². The summed E-state index contributed by atoms with van der Waals surface area (Å²) < 4.78 is 51.6. The Morgan fingerprint density at radius 2 is 1.85 bits per heavy atom. The molecule has 2 rings (SSSR count). The van der Waals surface area contributed by atoms with Crippen molar-refractivity contribution < 1.29 is 32.2 Å². The van der Waals surface area contributed by atoms with Gasteiger partial charge in [-0.2, -0.15) is 0 Å². The zero-order valence-electron chi connectivity index (χ0n) is 15.1. The maximum atomic E-state index is 12.4. The van der Waals surface area contributed by atoms with Crippen LogP contribution in [0.2, 0.25) is 0 Å². The minimum atomic E-state index is -4.79. The third-order valence-electron chi connectivity index (χ3n) is 3.56. The number of likely N-dealkylation sites (tertiary alicyclic amines) is 1. The third kappa shape index (κ3) is 6.20. The van der Waals surface area contributed by atoms with Crippen molar-refractivity contribution in [3.63, 3.8) is 0 Å². The molecule has 1 heterocycles. The van der Waals surface area contributed by atoms with Crippen LogP contribution in [0.5, 0.6) is 11.5 Å². The first-order valence-electron chi connectivity index (χ1n) is 8.14. The van der Waals surface area contributed by atoms with Gasteiger partial charge < -0.3 is 24.4 Å². The normalized spacial score (nSPS) is 17.8. The largest absolute Gasteiger partial charge is 0.573 e. The van der Waals surface area contributed by atoms with Crippen molar-refractivity contribution in [3.8, 4) is 11.5 Å². The fourth-order valence-electron chi connectivity index (χ4n) is 2.57. The topological polar surface area (TPSA) is 60.0 Å². The van der Waals surface area contributed by atoms with E-state index in [4.69, 9.17) is 9.47 Å². The number of alkyl halides is 3. The van der Waals surface area contributed by atoms with Crippen LogP contribution in [0, 0.1) is 0 Å². The van der Waals surface area contributed by atoms with Crippen LogP contribution in [-0.2, 0) is 4.74 Å². The number of rotatable bonds is 4. The number of hydrogen-bond donors (Lipinski definition) is 1. The molecule has 0 radical (unpaired) electrons. The van der Waals surface area contributed by atoms with Crippen molar-refractivity contribution in [1.82, 2.24) is 4.90 Å². The quantitative estimate of drug-likeness (QED) is 0.860. The molecule has 0 aliphatic carbocycles. The summed E-state index contributed by atoms with van der Waals surface area (Å²) in [5, 5.41) is 3.11. The molecule has 9 heteroatoms. The van der Waals surface area contributed by atoms with E-state index in [1.807, 2.05) is 0 Å². The Kier molecular flexibility index (Phi) is 5.77. The van der Waals surface area contributed by atoms with Crippen LogP contribution < -0.4 is 14.8 Å². The van der Waals surface area contributed by atoms with E-state index in [1.165, 1.54) is 13.2 Å². The molecule has 1 aliphatic heterocycles. The van der Waals surface area contributed by atoms with Crippen LogP contribution in [0.15, 0.2) is 18.2 Å². The first-order chi connectivity index (χ1) is 11.9. The van der Waals surface area contributed by atoms with Crippen molar-refractivity contribution in [1.29, 1.82) is 0 Å². The summed E-state index contributed by atoms with van der Waals surface area (Å²) in [5.41, 5.74) is -0.168. The second-order valence-corrected chi connectivity index (χ2v) is 7.00. The third-order valence-corrected chi connectivity index (χ3v) is 3.56. The lowest BCUT2D eigenvalue weighted by molar-refractivity contribution is -0.274. The number of amides is 1. The second-order valence-electron chi connectivity index (χ2n) is 7.00. The van der Waals surface area contributed by atoms with Gasteiger partial charge in [0, 0.05) is 43.0 Å². The fraction of sp³-hybridized carbons (Fsp3) is 0.588. The summed E-state index contributed by atoms with van der Waals surface area (Å²) in [7, 11) is 1.36. The van der Waals surface area contributed by atoms with Gasteiger partial charge in [-0.3, -0.25) is 0 Å². The molecule has 1 aromatic carbocycles. The summed E-state index contributed by atoms with van der Waals surface area (Å²) in [5.74, 6) is -0.141. The molecule has 1 aliphatic rings. The molecular weight excluding hydrogens is 353 g/mol. The minimum absolute atomic E-state index is 0.117. The Bertz CT molecular complexity index is 644. The summed E-state index contributed by atoms with van der Waals surface area (Å²) in [4.78, 5) is 13.6. The Morgan fingerprint density at radius 1 is 1.19 bits per heavy atom. The highest BCUT2D eigenvalue weighted by molar-refractivity contribution is 5.68. The number of nitrogens with one attached hydrogen (secondary N) is 1. The molecule has 0 bridgehead atoms. The molecule has 1 amide bonds. The van der Waals surface area contributed by atoms with E-state index in [0.29, 0.717) is 25.2 Å². The molecule has 1 saturated heterocycles. The Hall–Kier alpha value is -2.32. The van der Waals surface area contributed by atoms with E-state index >= 15 is 0 Å². The molecule has 0 aromatic heterocycles. The lowest BCUT2D eigenvalue weighted by atomic mass is 10.2. The van der Waals surface area contributed by atoms with Gasteiger partial charge in [0.05, 0.1) is 7.11 Å². The molecule has 1 aromatic rings. The van der Waals surface area contributed by atoms with Crippen molar-refractivity contribution in [2.45, 2.75) is 45.2 Å². The first-order valence-corrected chi connectivity index (χ1v) is 8.14. The van der Waals surface area contributed by atoms with Gasteiger partial charge in [-0.15, -0.1) is 13.2 Å². The molecular formula is C17H23F3N2O4. The van der Waals surface area contributed by atoms with Crippen LogP contribution >= 0.6 is 0 Å². The fourth-order valence-corrected chi connectivity index (χ4v) is 2.57. The number of carbonyl (C=O) groups excluding carboxylic acids is 1. The summed E-state index contributed by atoms with van der Waals surface area (Å²) >= 11 is 0. The van der Waals surface area contributed by atoms with Gasteiger partial charge in [0.15, 0.2) is 0 Å². The van der Waals surface area contributed by atoms with Gasteiger partial charge in [-0.1, -0.05) is 0 Å². The predicted octanol–water partition coefficient (Wildman–Crippen LogP) is 4.02. The highest BCUT2D eigenvalue weighted by Gasteiger charge is 2.32. The number of halogens is 3. The standard InChI is InChI=1S/C17H23F3N2O4/c1-16(2,3)26-15(23)22-6-5-11(10-22)21-12-7-13(24-4)9-14(8-12)25-17(18,19)20/h7-9,11,21H,5-6,10H2,1-4H3/t11-/m1/s1. The zero-order chi connectivity index (χ0) is 19.5. The molecule has 1 N–H and O–H groups in total. The van der Waals surface area contributed by atoms with Crippen molar-refractivity contribution in [2.75, 3.05) is 25.5 Å². The molecule has 6 nitrogen and oxygen atoms in total.